The van der Waals surface area contributed by atoms with Gasteiger partial charge >= 0.3 is 0 Å². The fourth-order valence-corrected chi connectivity index (χ4v) is 7.80. The minimum atomic E-state index is -3.18. The van der Waals surface area contributed by atoms with Gasteiger partial charge in [-0.2, -0.15) is 0 Å². The van der Waals surface area contributed by atoms with Crippen molar-refractivity contribution in [3.8, 4) is 0 Å². The molecule has 0 radical (unpaired) electrons. The first kappa shape index (κ1) is 21.8. The van der Waals surface area contributed by atoms with Crippen molar-refractivity contribution >= 4 is 77.1 Å². The molecule has 2 amide bonds. The van der Waals surface area contributed by atoms with E-state index in [0.29, 0.717) is 28.4 Å². The standard InChI is InChI=1S/C22H17BrN2O4S3/c23-14-6-7-17-16(10-14)18(20(26)24(17)11-13-4-2-1-3-5-13)19-21(27)25(22(30)31-19)15-8-9-32(28,29)12-15/h1-7,10,15H,8-9,11-12H2/b19-18+. The number of fused-ring (bicyclic) bond motifs is 1. The van der Waals surface area contributed by atoms with Crippen molar-refractivity contribution in [3.05, 3.63) is 69.0 Å². The second kappa shape index (κ2) is 8.09. The minimum Gasteiger partial charge on any atom is -0.303 e. The van der Waals surface area contributed by atoms with E-state index in [-0.39, 0.29) is 22.3 Å². The van der Waals surface area contributed by atoms with Crippen molar-refractivity contribution in [2.75, 3.05) is 16.4 Å². The molecule has 32 heavy (non-hydrogen) atoms. The van der Waals surface area contributed by atoms with Gasteiger partial charge < -0.3 is 4.90 Å². The van der Waals surface area contributed by atoms with Crippen LogP contribution in [0.25, 0.3) is 5.57 Å². The smallest absolute Gasteiger partial charge is 0.267 e. The molecule has 0 N–H and O–H groups in total. The fourth-order valence-electron chi connectivity index (χ4n) is 4.27. The summed E-state index contributed by atoms with van der Waals surface area (Å²) in [5.41, 5.74) is 2.68. The van der Waals surface area contributed by atoms with Gasteiger partial charge in [0.05, 0.1) is 40.3 Å². The number of carbonyl (C=O) groups is 2. The fraction of sp³-hybridized carbons (Fsp3) is 0.227. The van der Waals surface area contributed by atoms with Gasteiger partial charge in [0, 0.05) is 10.0 Å². The summed E-state index contributed by atoms with van der Waals surface area (Å²) in [6, 6.07) is 14.7. The van der Waals surface area contributed by atoms with Crippen LogP contribution in [0.15, 0.2) is 57.9 Å². The highest BCUT2D eigenvalue weighted by Crippen LogP contribution is 2.46. The van der Waals surface area contributed by atoms with E-state index in [9.17, 15) is 18.0 Å². The number of hydrogen-bond acceptors (Lipinski definition) is 6. The molecule has 1 unspecified atom stereocenters. The molecule has 1 atom stereocenters. The van der Waals surface area contributed by atoms with Crippen molar-refractivity contribution in [1.82, 2.24) is 4.90 Å². The van der Waals surface area contributed by atoms with Crippen LogP contribution in [0.5, 0.6) is 0 Å². The molecule has 3 aliphatic heterocycles. The molecule has 2 aromatic rings. The largest absolute Gasteiger partial charge is 0.303 e. The number of amides is 2. The zero-order chi connectivity index (χ0) is 22.6. The van der Waals surface area contributed by atoms with Gasteiger partial charge in [-0.15, -0.1) is 0 Å². The van der Waals surface area contributed by atoms with Crippen molar-refractivity contribution < 1.29 is 18.0 Å². The molecule has 0 aromatic heterocycles. The van der Waals surface area contributed by atoms with E-state index in [1.165, 1.54) is 4.90 Å². The third kappa shape index (κ3) is 3.72. The molecule has 2 saturated heterocycles. The number of thioether (sulfide) groups is 1. The Morgan fingerprint density at radius 2 is 1.84 bits per heavy atom. The van der Waals surface area contributed by atoms with Crippen LogP contribution in [0.1, 0.15) is 17.5 Å². The van der Waals surface area contributed by atoms with Gasteiger partial charge in [0.15, 0.2) is 9.84 Å². The Morgan fingerprint density at radius 3 is 2.53 bits per heavy atom. The van der Waals surface area contributed by atoms with Crippen LogP contribution in [0, 0.1) is 0 Å². The first-order chi connectivity index (χ1) is 15.2. The van der Waals surface area contributed by atoms with Crippen LogP contribution in [0.3, 0.4) is 0 Å². The predicted molar refractivity (Wildman–Crippen MR) is 133 cm³/mol. The van der Waals surface area contributed by atoms with Crippen molar-refractivity contribution in [2.45, 2.75) is 19.0 Å². The Morgan fingerprint density at radius 1 is 1.09 bits per heavy atom. The highest BCUT2D eigenvalue weighted by Gasteiger charge is 2.46. The zero-order valence-corrected chi connectivity index (χ0v) is 20.7. The summed E-state index contributed by atoms with van der Waals surface area (Å²) in [7, 11) is -3.18. The van der Waals surface area contributed by atoms with Gasteiger partial charge in [-0.05, 0) is 30.2 Å². The maximum Gasteiger partial charge on any atom is 0.267 e. The summed E-state index contributed by atoms with van der Waals surface area (Å²) in [4.78, 5) is 30.3. The van der Waals surface area contributed by atoms with E-state index in [1.807, 2.05) is 48.5 Å². The van der Waals surface area contributed by atoms with E-state index >= 15 is 0 Å². The normalized spacial score (nSPS) is 24.5. The summed E-state index contributed by atoms with van der Waals surface area (Å²) in [6.07, 6.45) is 0.355. The van der Waals surface area contributed by atoms with E-state index in [1.54, 1.807) is 4.90 Å². The molecule has 0 saturated carbocycles. The monoisotopic (exact) mass is 548 g/mol. The van der Waals surface area contributed by atoms with Gasteiger partial charge in [0.25, 0.3) is 11.8 Å². The maximum absolute atomic E-state index is 13.6. The quantitative estimate of drug-likeness (QED) is 0.429. The third-order valence-electron chi connectivity index (χ3n) is 5.76. The first-order valence-corrected chi connectivity index (χ1v) is 13.7. The molecule has 5 rings (SSSR count). The number of nitrogens with zero attached hydrogens (tertiary/aromatic N) is 2. The van der Waals surface area contributed by atoms with E-state index in [2.05, 4.69) is 15.9 Å². The number of sulfone groups is 1. The minimum absolute atomic E-state index is 0.0419. The maximum atomic E-state index is 13.6. The molecule has 6 nitrogen and oxygen atoms in total. The van der Waals surface area contributed by atoms with Crippen LogP contribution in [0.2, 0.25) is 0 Å². The summed E-state index contributed by atoms with van der Waals surface area (Å²) in [5.74, 6) is -0.710. The number of anilines is 1. The molecule has 0 bridgehead atoms. The van der Waals surface area contributed by atoms with Gasteiger partial charge in [-0.25, -0.2) is 8.42 Å². The lowest BCUT2D eigenvalue weighted by Gasteiger charge is -2.21. The molecule has 10 heteroatoms. The Hall–Kier alpha value is -2.01. The first-order valence-electron chi connectivity index (χ1n) is 9.91. The lowest BCUT2D eigenvalue weighted by atomic mass is 10.1. The molecule has 3 aliphatic rings. The zero-order valence-electron chi connectivity index (χ0n) is 16.7. The Bertz CT molecular complexity index is 1310. The summed E-state index contributed by atoms with van der Waals surface area (Å²) in [5, 5.41) is 0. The lowest BCUT2D eigenvalue weighted by Crippen LogP contribution is -2.39. The molecule has 0 aliphatic carbocycles. The van der Waals surface area contributed by atoms with Crippen LogP contribution >= 0.6 is 39.9 Å². The van der Waals surface area contributed by atoms with E-state index in [4.69, 9.17) is 12.2 Å². The Labute approximate surface area is 203 Å². The number of hydrogen-bond donors (Lipinski definition) is 0. The van der Waals surface area contributed by atoms with Crippen LogP contribution in [-0.4, -0.2) is 47.0 Å². The Kier molecular flexibility index (Phi) is 5.51. The van der Waals surface area contributed by atoms with E-state index < -0.39 is 21.8 Å². The van der Waals surface area contributed by atoms with Crippen LogP contribution in [0.4, 0.5) is 5.69 Å². The van der Waals surface area contributed by atoms with Crippen molar-refractivity contribution in [3.63, 3.8) is 0 Å². The number of carbonyl (C=O) groups excluding carboxylic acids is 2. The summed E-state index contributed by atoms with van der Waals surface area (Å²) < 4.78 is 25.0. The van der Waals surface area contributed by atoms with E-state index in [0.717, 1.165) is 27.5 Å². The molecule has 2 fully saturated rings. The molecule has 164 valence electrons. The third-order valence-corrected chi connectivity index (χ3v) is 9.41. The lowest BCUT2D eigenvalue weighted by molar-refractivity contribution is -0.123. The molecular weight excluding hydrogens is 532 g/mol. The average Bonchev–Trinajstić information content (AvgIpc) is 3.33. The molecule has 0 spiro atoms. The highest BCUT2D eigenvalue weighted by atomic mass is 79.9. The van der Waals surface area contributed by atoms with Crippen molar-refractivity contribution in [2.24, 2.45) is 0 Å². The number of benzene rings is 2. The van der Waals surface area contributed by atoms with Gasteiger partial charge in [-0.1, -0.05) is 70.2 Å². The van der Waals surface area contributed by atoms with Gasteiger partial charge in [-0.3, -0.25) is 14.5 Å². The molecular formula is C22H17BrN2O4S3. The second-order valence-corrected chi connectivity index (χ2v) is 12.6. The second-order valence-electron chi connectivity index (χ2n) is 7.84. The number of thiocarbonyl (C=S) groups is 1. The molecule has 3 heterocycles. The Balaban J connectivity index is 1.57. The molecule has 2 aromatic carbocycles. The topological polar surface area (TPSA) is 74.8 Å². The van der Waals surface area contributed by atoms with Crippen LogP contribution in [-0.2, 0) is 26.0 Å². The summed E-state index contributed by atoms with van der Waals surface area (Å²) in [6.45, 7) is 0.374. The predicted octanol–water partition coefficient (Wildman–Crippen LogP) is 3.75. The van der Waals surface area contributed by atoms with Crippen molar-refractivity contribution in [1.29, 1.82) is 0 Å². The summed E-state index contributed by atoms with van der Waals surface area (Å²) >= 11 is 9.99. The number of halogens is 1. The SMILES string of the molecule is O=C1/C(=C2/SC(=S)N(C3CCS(=O)(=O)C3)C2=O)c2cc(Br)ccc2N1Cc1ccccc1. The average molecular weight is 549 g/mol. The van der Waals surface area contributed by atoms with Crippen LogP contribution < -0.4 is 4.90 Å². The number of rotatable bonds is 3. The van der Waals surface area contributed by atoms with Gasteiger partial charge in [0.1, 0.15) is 4.32 Å². The highest BCUT2D eigenvalue weighted by molar-refractivity contribution is 9.10. The van der Waals surface area contributed by atoms with Gasteiger partial charge in [0.2, 0.25) is 0 Å².